The van der Waals surface area contributed by atoms with Crippen LogP contribution in [0.15, 0.2) is 24.3 Å². The Morgan fingerprint density at radius 1 is 1.16 bits per heavy atom. The first-order valence-corrected chi connectivity index (χ1v) is 7.50. The molecule has 0 aliphatic carbocycles. The Hall–Kier alpha value is -1.62. The minimum Gasteiger partial charge on any atom is -0.299 e. The van der Waals surface area contributed by atoms with Crippen LogP contribution in [0.5, 0.6) is 0 Å². The lowest BCUT2D eigenvalue weighted by atomic mass is 10.1. The van der Waals surface area contributed by atoms with Gasteiger partial charge in [0.05, 0.1) is 16.9 Å². The molecule has 0 saturated heterocycles. The number of nitrogens with zero attached hydrogens (tertiary/aromatic N) is 1. The van der Waals surface area contributed by atoms with Gasteiger partial charge in [-0.25, -0.2) is 0 Å². The fourth-order valence-electron chi connectivity index (χ4n) is 2.11. The number of fused-ring (bicyclic) bond motifs is 1. The molecular formula is C14H15NO3S. The fourth-order valence-corrected chi connectivity index (χ4v) is 2.58. The number of carbonyl (C=O) groups is 3. The molecule has 0 unspecified atom stereocenters. The van der Waals surface area contributed by atoms with E-state index in [9.17, 15) is 14.4 Å². The van der Waals surface area contributed by atoms with Crippen molar-refractivity contribution < 1.29 is 14.4 Å². The molecule has 4 nitrogen and oxygen atoms in total. The standard InChI is InChI=1S/C14H15NO3S/c1-19-9-10(16)5-4-8-15-13(17)11-6-2-3-7-12(11)14(15)18/h2-3,6-7H,4-5,8-9H2,1H3. The summed E-state index contributed by atoms with van der Waals surface area (Å²) in [4.78, 5) is 36.7. The Morgan fingerprint density at radius 2 is 1.74 bits per heavy atom. The van der Waals surface area contributed by atoms with E-state index in [1.54, 1.807) is 24.3 Å². The van der Waals surface area contributed by atoms with Gasteiger partial charge in [0.15, 0.2) is 0 Å². The van der Waals surface area contributed by atoms with Crippen LogP contribution in [-0.2, 0) is 4.79 Å². The van der Waals surface area contributed by atoms with E-state index in [1.165, 1.54) is 16.7 Å². The first-order valence-electron chi connectivity index (χ1n) is 6.11. The van der Waals surface area contributed by atoms with Gasteiger partial charge in [-0.05, 0) is 24.8 Å². The van der Waals surface area contributed by atoms with E-state index < -0.39 is 0 Å². The third-order valence-electron chi connectivity index (χ3n) is 3.02. The maximum Gasteiger partial charge on any atom is 0.261 e. The molecule has 100 valence electrons. The molecule has 19 heavy (non-hydrogen) atoms. The monoisotopic (exact) mass is 277 g/mol. The Kier molecular flexibility index (Phi) is 4.37. The lowest BCUT2D eigenvalue weighted by molar-refractivity contribution is -0.116. The van der Waals surface area contributed by atoms with Gasteiger partial charge in [0.2, 0.25) is 0 Å². The molecular weight excluding hydrogens is 262 g/mol. The second-order valence-electron chi connectivity index (χ2n) is 4.38. The second kappa shape index (κ2) is 6.02. The zero-order valence-electron chi connectivity index (χ0n) is 10.7. The largest absolute Gasteiger partial charge is 0.299 e. The highest BCUT2D eigenvalue weighted by atomic mass is 32.2. The molecule has 1 heterocycles. The second-order valence-corrected chi connectivity index (χ2v) is 5.25. The average molecular weight is 277 g/mol. The number of imide groups is 1. The van der Waals surface area contributed by atoms with Crippen LogP contribution in [0, 0.1) is 0 Å². The predicted molar refractivity (Wildman–Crippen MR) is 74.4 cm³/mol. The molecule has 2 amide bonds. The molecule has 1 aliphatic rings. The van der Waals surface area contributed by atoms with Crippen LogP contribution in [0.1, 0.15) is 33.6 Å². The van der Waals surface area contributed by atoms with E-state index in [0.29, 0.717) is 36.3 Å². The number of hydrogen-bond donors (Lipinski definition) is 0. The molecule has 5 heteroatoms. The van der Waals surface area contributed by atoms with Crippen LogP contribution in [0.25, 0.3) is 0 Å². The van der Waals surface area contributed by atoms with Crippen LogP contribution in [0.4, 0.5) is 0 Å². The van der Waals surface area contributed by atoms with Gasteiger partial charge < -0.3 is 0 Å². The maximum atomic E-state index is 12.0. The molecule has 1 aromatic carbocycles. The summed E-state index contributed by atoms with van der Waals surface area (Å²) in [5, 5.41) is 0. The Morgan fingerprint density at radius 3 is 2.26 bits per heavy atom. The summed E-state index contributed by atoms with van der Waals surface area (Å²) in [6.45, 7) is 0.312. The van der Waals surface area contributed by atoms with Crippen LogP contribution >= 0.6 is 11.8 Å². The van der Waals surface area contributed by atoms with E-state index in [4.69, 9.17) is 0 Å². The highest BCUT2D eigenvalue weighted by Gasteiger charge is 2.34. The summed E-state index contributed by atoms with van der Waals surface area (Å²) < 4.78 is 0. The number of amides is 2. The number of rotatable bonds is 6. The number of thioether (sulfide) groups is 1. The van der Waals surface area contributed by atoms with E-state index in [0.717, 1.165) is 0 Å². The van der Waals surface area contributed by atoms with Gasteiger partial charge in [0.1, 0.15) is 5.78 Å². The van der Waals surface area contributed by atoms with Gasteiger partial charge in [-0.3, -0.25) is 19.3 Å². The lowest BCUT2D eigenvalue weighted by Crippen LogP contribution is -2.31. The van der Waals surface area contributed by atoms with Crippen molar-refractivity contribution in [3.8, 4) is 0 Å². The smallest absolute Gasteiger partial charge is 0.261 e. The lowest BCUT2D eigenvalue weighted by Gasteiger charge is -2.12. The highest BCUT2D eigenvalue weighted by Crippen LogP contribution is 2.22. The first-order chi connectivity index (χ1) is 9.15. The SMILES string of the molecule is CSCC(=O)CCCN1C(=O)c2ccccc2C1=O. The predicted octanol–water partition coefficient (Wildman–Crippen LogP) is 1.99. The van der Waals surface area contributed by atoms with Crippen LogP contribution in [0.2, 0.25) is 0 Å². The van der Waals surface area contributed by atoms with E-state index in [2.05, 4.69) is 0 Å². The zero-order valence-corrected chi connectivity index (χ0v) is 11.5. The van der Waals surface area contributed by atoms with Crippen molar-refractivity contribution in [2.75, 3.05) is 18.6 Å². The van der Waals surface area contributed by atoms with E-state index >= 15 is 0 Å². The molecule has 0 bridgehead atoms. The summed E-state index contributed by atoms with van der Waals surface area (Å²) in [6, 6.07) is 6.81. The van der Waals surface area contributed by atoms with Crippen LogP contribution in [-0.4, -0.2) is 41.1 Å². The first kappa shape index (κ1) is 13.8. The van der Waals surface area contributed by atoms with Gasteiger partial charge in [-0.2, -0.15) is 11.8 Å². The van der Waals surface area contributed by atoms with Crippen LogP contribution < -0.4 is 0 Å². The van der Waals surface area contributed by atoms with E-state index in [-0.39, 0.29) is 17.6 Å². The quantitative estimate of drug-likeness (QED) is 0.746. The highest BCUT2D eigenvalue weighted by molar-refractivity contribution is 7.99. The van der Waals surface area contributed by atoms with Crippen molar-refractivity contribution in [3.63, 3.8) is 0 Å². The summed E-state index contributed by atoms with van der Waals surface area (Å²) in [5.41, 5.74) is 0.922. The topological polar surface area (TPSA) is 54.5 Å². The average Bonchev–Trinajstić information content (AvgIpc) is 2.65. The van der Waals surface area contributed by atoms with E-state index in [1.807, 2.05) is 6.26 Å². The summed E-state index contributed by atoms with van der Waals surface area (Å²) in [5.74, 6) is 0.141. The van der Waals surface area contributed by atoms with Crippen LogP contribution in [0.3, 0.4) is 0 Å². The number of Topliss-reactive ketones (excluding diaryl/α,β-unsaturated/α-hetero) is 1. The van der Waals surface area contributed by atoms with Crippen molar-refractivity contribution in [3.05, 3.63) is 35.4 Å². The molecule has 2 rings (SSSR count). The molecule has 0 fully saturated rings. The number of benzene rings is 1. The molecule has 0 radical (unpaired) electrons. The minimum absolute atomic E-state index is 0.157. The van der Waals surface area contributed by atoms with Crippen molar-refractivity contribution in [1.29, 1.82) is 0 Å². The normalized spacial score (nSPS) is 13.8. The molecule has 0 spiro atoms. The zero-order chi connectivity index (χ0) is 13.8. The van der Waals surface area contributed by atoms with Crippen molar-refractivity contribution in [1.82, 2.24) is 4.90 Å². The third kappa shape index (κ3) is 2.87. The summed E-state index contributed by atoms with van der Waals surface area (Å²) >= 11 is 1.49. The third-order valence-corrected chi connectivity index (χ3v) is 3.63. The molecule has 0 atom stereocenters. The Labute approximate surface area is 116 Å². The molecule has 0 aromatic heterocycles. The van der Waals surface area contributed by atoms with Gasteiger partial charge in [-0.1, -0.05) is 12.1 Å². The van der Waals surface area contributed by atoms with Gasteiger partial charge in [0.25, 0.3) is 11.8 Å². The minimum atomic E-state index is -0.252. The molecule has 1 aliphatic heterocycles. The number of ketones is 1. The van der Waals surface area contributed by atoms with Gasteiger partial charge in [0, 0.05) is 13.0 Å². The van der Waals surface area contributed by atoms with Crippen molar-refractivity contribution in [2.45, 2.75) is 12.8 Å². The van der Waals surface area contributed by atoms with Crippen molar-refractivity contribution >= 4 is 29.4 Å². The Bertz CT molecular complexity index is 492. The van der Waals surface area contributed by atoms with Gasteiger partial charge in [-0.15, -0.1) is 0 Å². The van der Waals surface area contributed by atoms with Gasteiger partial charge >= 0.3 is 0 Å². The fraction of sp³-hybridized carbons (Fsp3) is 0.357. The molecule has 1 aromatic rings. The summed E-state index contributed by atoms with van der Waals surface area (Å²) in [7, 11) is 0. The Balaban J connectivity index is 1.95. The number of hydrogen-bond acceptors (Lipinski definition) is 4. The maximum absolute atomic E-state index is 12.0. The molecule has 0 saturated carbocycles. The summed E-state index contributed by atoms with van der Waals surface area (Å²) in [6.07, 6.45) is 2.82. The number of carbonyl (C=O) groups excluding carboxylic acids is 3. The molecule has 0 N–H and O–H groups in total. The van der Waals surface area contributed by atoms with Crippen molar-refractivity contribution in [2.24, 2.45) is 0 Å².